The second-order valence-corrected chi connectivity index (χ2v) is 8.18. The van der Waals surface area contributed by atoms with E-state index in [0.717, 1.165) is 23.8 Å². The first-order valence-electron chi connectivity index (χ1n) is 8.29. The van der Waals surface area contributed by atoms with E-state index in [1.54, 1.807) is 0 Å². The molecule has 2 heteroatoms. The molecule has 1 N–H and O–H groups in total. The standard InChI is InChI=1S/C17H34N2/c1-13-8-9-19(11-13)12-14-10-15(17(2,3)4)6-7-16(14)18-5/h13-16,18H,6-12H2,1-5H3. The number of nitrogens with one attached hydrogen (secondary N) is 1. The van der Waals surface area contributed by atoms with E-state index >= 15 is 0 Å². The van der Waals surface area contributed by atoms with E-state index in [-0.39, 0.29) is 0 Å². The summed E-state index contributed by atoms with van der Waals surface area (Å²) in [5, 5.41) is 3.58. The van der Waals surface area contributed by atoms with Crippen LogP contribution in [0, 0.1) is 23.2 Å². The number of nitrogens with zero attached hydrogens (tertiary/aromatic N) is 1. The lowest BCUT2D eigenvalue weighted by Gasteiger charge is -2.43. The molecule has 2 aliphatic rings. The van der Waals surface area contributed by atoms with E-state index < -0.39 is 0 Å². The second-order valence-electron chi connectivity index (χ2n) is 8.18. The molecule has 0 radical (unpaired) electrons. The third-order valence-corrected chi connectivity index (χ3v) is 5.58. The fourth-order valence-corrected chi connectivity index (χ4v) is 4.16. The fraction of sp³-hybridized carbons (Fsp3) is 1.00. The molecule has 0 bridgehead atoms. The van der Waals surface area contributed by atoms with Gasteiger partial charge in [0.05, 0.1) is 0 Å². The van der Waals surface area contributed by atoms with Gasteiger partial charge in [-0.05, 0) is 62.4 Å². The zero-order valence-electron chi connectivity index (χ0n) is 13.7. The third kappa shape index (κ3) is 3.95. The largest absolute Gasteiger partial charge is 0.317 e. The molecule has 1 aliphatic heterocycles. The van der Waals surface area contributed by atoms with Crippen molar-refractivity contribution < 1.29 is 0 Å². The van der Waals surface area contributed by atoms with Crippen LogP contribution in [0.4, 0.5) is 0 Å². The van der Waals surface area contributed by atoms with Crippen molar-refractivity contribution in [2.24, 2.45) is 23.2 Å². The van der Waals surface area contributed by atoms with Gasteiger partial charge in [0.2, 0.25) is 0 Å². The fourth-order valence-electron chi connectivity index (χ4n) is 4.16. The molecular formula is C17H34N2. The van der Waals surface area contributed by atoms with Crippen LogP contribution in [0.15, 0.2) is 0 Å². The maximum absolute atomic E-state index is 3.58. The topological polar surface area (TPSA) is 15.3 Å². The Bertz CT molecular complexity index is 281. The Balaban J connectivity index is 1.94. The van der Waals surface area contributed by atoms with Crippen LogP contribution in [0.1, 0.15) is 53.4 Å². The van der Waals surface area contributed by atoms with Crippen molar-refractivity contribution in [3.8, 4) is 0 Å². The van der Waals surface area contributed by atoms with E-state index in [1.165, 1.54) is 45.3 Å². The van der Waals surface area contributed by atoms with Crippen molar-refractivity contribution in [1.29, 1.82) is 0 Å². The Labute approximate surface area is 120 Å². The molecule has 0 aromatic carbocycles. The highest BCUT2D eigenvalue weighted by atomic mass is 15.1. The van der Waals surface area contributed by atoms with Crippen molar-refractivity contribution >= 4 is 0 Å². The molecule has 0 aromatic heterocycles. The lowest BCUT2D eigenvalue weighted by molar-refractivity contribution is 0.0950. The minimum atomic E-state index is 0.481. The third-order valence-electron chi connectivity index (χ3n) is 5.58. The van der Waals surface area contributed by atoms with Crippen LogP contribution in [0.5, 0.6) is 0 Å². The zero-order valence-corrected chi connectivity index (χ0v) is 13.7. The summed E-state index contributed by atoms with van der Waals surface area (Å²) in [6.45, 7) is 13.6. The SMILES string of the molecule is CNC1CCC(C(C)(C)C)CC1CN1CCC(C)C1. The Kier molecular flexibility index (Phi) is 4.94. The van der Waals surface area contributed by atoms with Gasteiger partial charge in [0.15, 0.2) is 0 Å². The Morgan fingerprint density at radius 1 is 1.16 bits per heavy atom. The molecule has 1 saturated carbocycles. The molecule has 19 heavy (non-hydrogen) atoms. The maximum atomic E-state index is 3.58. The van der Waals surface area contributed by atoms with Crippen LogP contribution in [-0.2, 0) is 0 Å². The summed E-state index contributed by atoms with van der Waals surface area (Å²) in [7, 11) is 2.15. The molecule has 1 aliphatic carbocycles. The van der Waals surface area contributed by atoms with Gasteiger partial charge in [-0.1, -0.05) is 27.7 Å². The zero-order chi connectivity index (χ0) is 14.0. The number of hydrogen-bond donors (Lipinski definition) is 1. The minimum absolute atomic E-state index is 0.481. The Morgan fingerprint density at radius 2 is 1.89 bits per heavy atom. The van der Waals surface area contributed by atoms with Crippen LogP contribution >= 0.6 is 0 Å². The predicted molar refractivity (Wildman–Crippen MR) is 83.4 cm³/mol. The van der Waals surface area contributed by atoms with Crippen LogP contribution in [0.2, 0.25) is 0 Å². The lowest BCUT2D eigenvalue weighted by Crippen LogP contribution is -2.46. The van der Waals surface area contributed by atoms with Gasteiger partial charge in [0.1, 0.15) is 0 Å². The molecule has 2 rings (SSSR count). The second kappa shape index (κ2) is 6.13. The smallest absolute Gasteiger partial charge is 0.0105 e. The summed E-state index contributed by atoms with van der Waals surface area (Å²) in [5.41, 5.74) is 0.481. The predicted octanol–water partition coefficient (Wildman–Crippen LogP) is 3.38. The molecule has 0 aromatic rings. The van der Waals surface area contributed by atoms with Crippen molar-refractivity contribution in [3.63, 3.8) is 0 Å². The number of rotatable bonds is 3. The van der Waals surface area contributed by atoms with Gasteiger partial charge < -0.3 is 10.2 Å². The number of hydrogen-bond acceptors (Lipinski definition) is 2. The summed E-state index contributed by atoms with van der Waals surface area (Å²) in [4.78, 5) is 2.71. The van der Waals surface area contributed by atoms with Crippen LogP contribution in [0.3, 0.4) is 0 Å². The van der Waals surface area contributed by atoms with Gasteiger partial charge in [-0.3, -0.25) is 0 Å². The van der Waals surface area contributed by atoms with E-state index in [1.807, 2.05) is 0 Å². The van der Waals surface area contributed by atoms with Crippen molar-refractivity contribution in [3.05, 3.63) is 0 Å². The van der Waals surface area contributed by atoms with Crippen LogP contribution in [-0.4, -0.2) is 37.6 Å². The molecule has 112 valence electrons. The molecule has 0 amide bonds. The van der Waals surface area contributed by atoms with Gasteiger partial charge in [-0.15, -0.1) is 0 Å². The summed E-state index contributed by atoms with van der Waals surface area (Å²) < 4.78 is 0. The highest BCUT2D eigenvalue weighted by Crippen LogP contribution is 2.40. The quantitative estimate of drug-likeness (QED) is 0.842. The monoisotopic (exact) mass is 266 g/mol. The Morgan fingerprint density at radius 3 is 2.42 bits per heavy atom. The highest BCUT2D eigenvalue weighted by molar-refractivity contribution is 4.90. The summed E-state index contributed by atoms with van der Waals surface area (Å²) in [5.74, 6) is 2.67. The summed E-state index contributed by atoms with van der Waals surface area (Å²) >= 11 is 0. The highest BCUT2D eigenvalue weighted by Gasteiger charge is 2.36. The van der Waals surface area contributed by atoms with Gasteiger partial charge in [-0.2, -0.15) is 0 Å². The van der Waals surface area contributed by atoms with Gasteiger partial charge >= 0.3 is 0 Å². The van der Waals surface area contributed by atoms with E-state index in [4.69, 9.17) is 0 Å². The van der Waals surface area contributed by atoms with E-state index in [9.17, 15) is 0 Å². The average Bonchev–Trinajstić information content (AvgIpc) is 2.73. The molecule has 2 fully saturated rings. The first kappa shape index (κ1) is 15.3. The van der Waals surface area contributed by atoms with Gasteiger partial charge in [0.25, 0.3) is 0 Å². The first-order chi connectivity index (χ1) is 8.90. The summed E-state index contributed by atoms with van der Waals surface area (Å²) in [6.07, 6.45) is 5.59. The molecule has 1 heterocycles. The van der Waals surface area contributed by atoms with Crippen molar-refractivity contribution in [2.45, 2.75) is 59.4 Å². The first-order valence-corrected chi connectivity index (χ1v) is 8.29. The normalized spacial score (nSPS) is 37.7. The molecule has 4 atom stereocenters. The minimum Gasteiger partial charge on any atom is -0.317 e. The molecule has 4 unspecified atom stereocenters. The van der Waals surface area contributed by atoms with E-state index in [0.29, 0.717) is 5.41 Å². The van der Waals surface area contributed by atoms with Gasteiger partial charge in [0, 0.05) is 19.1 Å². The Hall–Kier alpha value is -0.0800. The van der Waals surface area contributed by atoms with Crippen LogP contribution in [0.25, 0.3) is 0 Å². The van der Waals surface area contributed by atoms with Crippen molar-refractivity contribution in [2.75, 3.05) is 26.7 Å². The average molecular weight is 266 g/mol. The number of likely N-dealkylation sites (tertiary alicyclic amines) is 1. The van der Waals surface area contributed by atoms with E-state index in [2.05, 4.69) is 45.0 Å². The lowest BCUT2D eigenvalue weighted by atomic mass is 9.67. The summed E-state index contributed by atoms with van der Waals surface area (Å²) in [6, 6.07) is 0.745. The van der Waals surface area contributed by atoms with Gasteiger partial charge in [-0.25, -0.2) is 0 Å². The molecule has 1 saturated heterocycles. The molecule has 2 nitrogen and oxygen atoms in total. The molecule has 0 spiro atoms. The molecular weight excluding hydrogens is 232 g/mol. The maximum Gasteiger partial charge on any atom is 0.0105 e. The van der Waals surface area contributed by atoms with Crippen LogP contribution < -0.4 is 5.32 Å². The van der Waals surface area contributed by atoms with Crippen molar-refractivity contribution in [1.82, 2.24) is 10.2 Å².